The molecule has 2 N–H and O–H groups in total. The highest BCUT2D eigenvalue weighted by atomic mass is 32.1. The molecule has 2 aliphatic heterocycles. The van der Waals surface area contributed by atoms with E-state index in [1.54, 1.807) is 12.1 Å². The Labute approximate surface area is 214 Å². The Morgan fingerprint density at radius 2 is 1.92 bits per heavy atom. The molecule has 2 aliphatic rings. The molecule has 4 rings (SSSR count). The number of likely N-dealkylation sites (tertiary alicyclic amines) is 1. The van der Waals surface area contributed by atoms with Crippen LogP contribution in [0.2, 0.25) is 0 Å². The van der Waals surface area contributed by atoms with E-state index in [1.165, 1.54) is 16.2 Å². The fraction of sp³-hybridized carbons (Fsp3) is 0.538. The highest BCUT2D eigenvalue weighted by Crippen LogP contribution is 2.30. The molecule has 194 valence electrons. The van der Waals surface area contributed by atoms with Crippen molar-refractivity contribution < 1.29 is 23.5 Å². The van der Waals surface area contributed by atoms with E-state index >= 15 is 0 Å². The van der Waals surface area contributed by atoms with Crippen LogP contribution in [0.25, 0.3) is 11.3 Å². The number of hydrogen-bond acceptors (Lipinski definition) is 7. The first kappa shape index (κ1) is 26.2. The van der Waals surface area contributed by atoms with E-state index in [2.05, 4.69) is 15.6 Å². The van der Waals surface area contributed by atoms with E-state index in [9.17, 15) is 18.8 Å². The van der Waals surface area contributed by atoms with Crippen LogP contribution in [0.5, 0.6) is 0 Å². The number of rotatable bonds is 9. The second-order valence-electron chi connectivity index (χ2n) is 10.1. The smallest absolute Gasteiger partial charge is 0.251 e. The molecule has 2 saturated heterocycles. The van der Waals surface area contributed by atoms with Gasteiger partial charge in [0.15, 0.2) is 10.9 Å². The number of anilines is 1. The predicted octanol–water partition coefficient (Wildman–Crippen LogP) is 3.68. The quantitative estimate of drug-likeness (QED) is 0.527. The third-order valence-corrected chi connectivity index (χ3v) is 7.17. The number of halogens is 1. The minimum atomic E-state index is -1.42. The van der Waals surface area contributed by atoms with Crippen molar-refractivity contribution in [3.05, 3.63) is 35.2 Å². The topological polar surface area (TPSA) is 101 Å². The summed E-state index contributed by atoms with van der Waals surface area (Å²) in [6, 6.07) is 5.54. The zero-order chi connectivity index (χ0) is 26.0. The van der Waals surface area contributed by atoms with Gasteiger partial charge in [0.05, 0.1) is 12.2 Å². The number of aromatic nitrogens is 1. The Morgan fingerprint density at radius 3 is 2.58 bits per heavy atom. The lowest BCUT2D eigenvalue weighted by molar-refractivity contribution is -0.138. The van der Waals surface area contributed by atoms with Gasteiger partial charge in [-0.3, -0.25) is 14.4 Å². The van der Waals surface area contributed by atoms with Crippen molar-refractivity contribution >= 4 is 34.1 Å². The van der Waals surface area contributed by atoms with Crippen LogP contribution in [0.1, 0.15) is 50.9 Å². The zero-order valence-electron chi connectivity index (χ0n) is 21.0. The number of carbonyl (C=O) groups is 3. The molecule has 2 amide bonds. The lowest BCUT2D eigenvalue weighted by atomic mass is 10.0. The number of carbonyl (C=O) groups excluding carboxylic acids is 3. The maximum Gasteiger partial charge on any atom is 0.251 e. The number of thiazole rings is 1. The first-order valence-corrected chi connectivity index (χ1v) is 13.2. The van der Waals surface area contributed by atoms with Crippen LogP contribution >= 0.6 is 11.3 Å². The number of amides is 2. The van der Waals surface area contributed by atoms with E-state index in [4.69, 9.17) is 4.74 Å². The number of alkyl halides is 1. The Bertz CT molecular complexity index is 1100. The summed E-state index contributed by atoms with van der Waals surface area (Å²) in [6.07, 6.45) is -1.25. The number of ketones is 1. The maximum atomic E-state index is 14.4. The van der Waals surface area contributed by atoms with Crippen molar-refractivity contribution in [2.75, 3.05) is 18.5 Å². The molecule has 2 fully saturated rings. The molecule has 0 bridgehead atoms. The number of nitrogens with zero attached hydrogens (tertiary/aromatic N) is 2. The molecular weight excluding hydrogens is 483 g/mol. The van der Waals surface area contributed by atoms with Crippen molar-refractivity contribution in [2.24, 2.45) is 5.92 Å². The Balaban J connectivity index is 1.46. The third kappa shape index (κ3) is 5.75. The van der Waals surface area contributed by atoms with Gasteiger partial charge >= 0.3 is 0 Å². The Hall–Kier alpha value is -2.85. The number of ether oxygens (including phenoxy) is 1. The second-order valence-corrected chi connectivity index (χ2v) is 11.0. The maximum absolute atomic E-state index is 14.4. The van der Waals surface area contributed by atoms with Gasteiger partial charge in [0.1, 0.15) is 31.0 Å². The highest BCUT2D eigenvalue weighted by molar-refractivity contribution is 7.14. The van der Waals surface area contributed by atoms with Gasteiger partial charge in [0, 0.05) is 22.5 Å². The van der Waals surface area contributed by atoms with Crippen molar-refractivity contribution in [3.63, 3.8) is 0 Å². The minimum absolute atomic E-state index is 0.192. The lowest BCUT2D eigenvalue weighted by Crippen LogP contribution is -2.52. The van der Waals surface area contributed by atoms with Gasteiger partial charge in [0.2, 0.25) is 5.91 Å². The van der Waals surface area contributed by atoms with Crippen molar-refractivity contribution in [1.82, 2.24) is 15.2 Å². The molecule has 1 aromatic carbocycles. The molecule has 0 unspecified atom stereocenters. The van der Waals surface area contributed by atoms with Crippen molar-refractivity contribution in [1.29, 1.82) is 0 Å². The van der Waals surface area contributed by atoms with Crippen LogP contribution in [0.15, 0.2) is 29.6 Å². The van der Waals surface area contributed by atoms with Gasteiger partial charge < -0.3 is 20.3 Å². The average Bonchev–Trinajstić information content (AvgIpc) is 3.53. The molecule has 3 heterocycles. The molecule has 2 aromatic rings. The van der Waals surface area contributed by atoms with E-state index in [1.807, 2.05) is 45.2 Å². The van der Waals surface area contributed by atoms with Gasteiger partial charge in [-0.15, -0.1) is 11.3 Å². The van der Waals surface area contributed by atoms with Gasteiger partial charge in [-0.1, -0.05) is 26.0 Å². The molecule has 4 atom stereocenters. The zero-order valence-corrected chi connectivity index (χ0v) is 21.8. The summed E-state index contributed by atoms with van der Waals surface area (Å²) < 4.78 is 19.7. The summed E-state index contributed by atoms with van der Waals surface area (Å²) in [6.45, 7) is 7.75. The van der Waals surface area contributed by atoms with Gasteiger partial charge in [-0.05, 0) is 44.7 Å². The lowest BCUT2D eigenvalue weighted by Gasteiger charge is -2.27. The summed E-state index contributed by atoms with van der Waals surface area (Å²) in [7, 11) is 0. The SMILES string of the molecule is CC(C)CC[C@H](NC(=O)c1ccc(-c2csc(NC(C)C)n2)cc1)C(=O)N1C[C@H](F)[C@H]2OCC(=O)[C@H]21. The fourth-order valence-electron chi connectivity index (χ4n) is 4.53. The summed E-state index contributed by atoms with van der Waals surface area (Å²) in [5, 5.41) is 8.89. The second kappa shape index (κ2) is 11.0. The fourth-order valence-corrected chi connectivity index (χ4v) is 5.40. The van der Waals surface area contributed by atoms with Gasteiger partial charge in [0.25, 0.3) is 5.91 Å². The normalized spacial score (nSPS) is 22.2. The number of nitrogens with one attached hydrogen (secondary N) is 2. The van der Waals surface area contributed by atoms with Crippen LogP contribution in [-0.4, -0.2) is 71.0 Å². The Kier molecular flexibility index (Phi) is 8.04. The van der Waals surface area contributed by atoms with Crippen LogP contribution in [0, 0.1) is 5.92 Å². The van der Waals surface area contributed by atoms with E-state index in [0.717, 1.165) is 16.4 Å². The molecule has 36 heavy (non-hydrogen) atoms. The standard InChI is InChI=1S/C26H33FN4O4S/c1-14(2)5-10-19(25(34)31-11-18(27)23-22(31)21(32)12-35-23)29-24(33)17-8-6-16(7-9-17)20-13-36-26(30-20)28-15(3)4/h6-9,13-15,18-19,22-23H,5,10-12H2,1-4H3,(H,28,30)(H,29,33)/t18-,19-,22+,23+/m0/s1. The minimum Gasteiger partial charge on any atom is -0.365 e. The first-order valence-electron chi connectivity index (χ1n) is 12.4. The molecule has 10 heteroatoms. The highest BCUT2D eigenvalue weighted by Gasteiger charge is 2.53. The molecular formula is C26H33FN4O4S. The number of benzene rings is 1. The predicted molar refractivity (Wildman–Crippen MR) is 137 cm³/mol. The van der Waals surface area contributed by atoms with Crippen LogP contribution in [0.4, 0.5) is 9.52 Å². The van der Waals surface area contributed by atoms with Crippen LogP contribution < -0.4 is 10.6 Å². The summed E-state index contributed by atoms with van der Waals surface area (Å²) >= 11 is 1.52. The number of fused-ring (bicyclic) bond motifs is 1. The number of Topliss-reactive ketones (excluding diaryl/α,β-unsaturated/α-hetero) is 1. The molecule has 0 spiro atoms. The number of hydrogen-bond donors (Lipinski definition) is 2. The molecule has 1 aromatic heterocycles. The third-order valence-electron chi connectivity index (χ3n) is 6.40. The van der Waals surface area contributed by atoms with Gasteiger partial charge in [-0.25, -0.2) is 9.37 Å². The largest absolute Gasteiger partial charge is 0.365 e. The van der Waals surface area contributed by atoms with E-state index < -0.39 is 36.2 Å². The molecule has 0 aliphatic carbocycles. The molecule has 0 saturated carbocycles. The van der Waals surface area contributed by atoms with Crippen molar-refractivity contribution in [3.8, 4) is 11.3 Å². The summed E-state index contributed by atoms with van der Waals surface area (Å²) in [5.41, 5.74) is 2.09. The average molecular weight is 517 g/mol. The molecule has 0 radical (unpaired) electrons. The van der Waals surface area contributed by atoms with Crippen LogP contribution in [0.3, 0.4) is 0 Å². The van der Waals surface area contributed by atoms with E-state index in [-0.39, 0.29) is 25.0 Å². The van der Waals surface area contributed by atoms with Crippen LogP contribution in [-0.2, 0) is 14.3 Å². The van der Waals surface area contributed by atoms with Crippen molar-refractivity contribution in [2.45, 2.75) is 70.9 Å². The monoisotopic (exact) mass is 516 g/mol. The van der Waals surface area contributed by atoms with Gasteiger partial charge in [-0.2, -0.15) is 0 Å². The molecule has 8 nitrogen and oxygen atoms in total. The summed E-state index contributed by atoms with van der Waals surface area (Å²) in [4.78, 5) is 44.6. The van der Waals surface area contributed by atoms with E-state index in [0.29, 0.717) is 24.3 Å². The Morgan fingerprint density at radius 1 is 1.19 bits per heavy atom. The summed E-state index contributed by atoms with van der Waals surface area (Å²) in [5.74, 6) is -0.832. The first-order chi connectivity index (χ1) is 17.1.